The van der Waals surface area contributed by atoms with Crippen molar-refractivity contribution < 1.29 is 4.74 Å². The van der Waals surface area contributed by atoms with Crippen LogP contribution in [0.4, 0.5) is 0 Å². The van der Waals surface area contributed by atoms with E-state index in [0.717, 1.165) is 24.3 Å². The summed E-state index contributed by atoms with van der Waals surface area (Å²) in [5.74, 6) is 0.916. The van der Waals surface area contributed by atoms with Crippen LogP contribution in [0.3, 0.4) is 0 Å². The molecule has 1 heteroatoms. The van der Waals surface area contributed by atoms with Crippen LogP contribution >= 0.6 is 0 Å². The second-order valence-corrected chi connectivity index (χ2v) is 4.36. The highest BCUT2D eigenvalue weighted by Gasteiger charge is 2.02. The molecule has 17 heavy (non-hydrogen) atoms. The zero-order valence-electron chi connectivity index (χ0n) is 10.4. The van der Waals surface area contributed by atoms with Crippen molar-refractivity contribution in [2.75, 3.05) is 6.61 Å². The van der Waals surface area contributed by atoms with Crippen molar-refractivity contribution in [1.29, 1.82) is 0 Å². The summed E-state index contributed by atoms with van der Waals surface area (Å²) in [5.41, 5.74) is 0.972. The smallest absolute Gasteiger partial charge is 0.123 e. The minimum atomic E-state index is 0.786. The van der Waals surface area contributed by atoms with Gasteiger partial charge >= 0.3 is 0 Å². The minimum absolute atomic E-state index is 0.786. The average Bonchev–Trinajstić information content (AvgIpc) is 2.35. The Kier molecular flexibility index (Phi) is 4.03. The summed E-state index contributed by atoms with van der Waals surface area (Å²) in [5, 5.41) is 2.43. The summed E-state index contributed by atoms with van der Waals surface area (Å²) in [6, 6.07) is 12.5. The maximum Gasteiger partial charge on any atom is 0.123 e. The number of hydrogen-bond donors (Lipinski definition) is 0. The lowest BCUT2D eigenvalue weighted by atomic mass is 10.1. The Balaban J connectivity index is 2.14. The van der Waals surface area contributed by atoms with Crippen LogP contribution in [0, 0.1) is 6.92 Å². The first-order valence-electron chi connectivity index (χ1n) is 6.29. The van der Waals surface area contributed by atoms with Crippen molar-refractivity contribution >= 4 is 10.8 Å². The SMILES string of the molecule is [CH2]c1cc2ccccc2cc1OCCCCC. The molecule has 1 radical (unpaired) electrons. The van der Waals surface area contributed by atoms with E-state index in [4.69, 9.17) is 4.74 Å². The van der Waals surface area contributed by atoms with Gasteiger partial charge in [0.25, 0.3) is 0 Å². The van der Waals surface area contributed by atoms with Crippen LogP contribution in [0.5, 0.6) is 5.75 Å². The Morgan fingerprint density at radius 2 is 1.76 bits per heavy atom. The van der Waals surface area contributed by atoms with E-state index in [2.05, 4.69) is 38.1 Å². The summed E-state index contributed by atoms with van der Waals surface area (Å²) in [7, 11) is 0. The highest BCUT2D eigenvalue weighted by molar-refractivity contribution is 5.85. The number of fused-ring (bicyclic) bond motifs is 1. The van der Waals surface area contributed by atoms with Crippen LogP contribution < -0.4 is 4.74 Å². The molecule has 2 aromatic rings. The maximum absolute atomic E-state index is 5.78. The fraction of sp³-hybridized carbons (Fsp3) is 0.312. The summed E-state index contributed by atoms with van der Waals surface area (Å²) < 4.78 is 5.78. The highest BCUT2D eigenvalue weighted by Crippen LogP contribution is 2.25. The molecule has 0 N–H and O–H groups in total. The van der Waals surface area contributed by atoms with Gasteiger partial charge in [0.2, 0.25) is 0 Å². The molecule has 2 aromatic carbocycles. The molecule has 0 fully saturated rings. The summed E-state index contributed by atoms with van der Waals surface area (Å²) in [6.45, 7) is 7.03. The molecule has 89 valence electrons. The van der Waals surface area contributed by atoms with E-state index in [9.17, 15) is 0 Å². The molecule has 0 amide bonds. The predicted molar refractivity (Wildman–Crippen MR) is 73.4 cm³/mol. The molecule has 0 aromatic heterocycles. The van der Waals surface area contributed by atoms with E-state index < -0.39 is 0 Å². The summed E-state index contributed by atoms with van der Waals surface area (Å²) in [6.07, 6.45) is 3.56. The third-order valence-corrected chi connectivity index (χ3v) is 2.93. The first kappa shape index (κ1) is 12.0. The fourth-order valence-electron chi connectivity index (χ4n) is 1.94. The molecule has 0 heterocycles. The van der Waals surface area contributed by atoms with Gasteiger partial charge in [0.05, 0.1) is 6.61 Å². The lowest BCUT2D eigenvalue weighted by Crippen LogP contribution is -1.98. The Morgan fingerprint density at radius 1 is 1.06 bits per heavy atom. The van der Waals surface area contributed by atoms with Crippen LogP contribution in [0.2, 0.25) is 0 Å². The van der Waals surface area contributed by atoms with Crippen LogP contribution in [0.1, 0.15) is 31.7 Å². The molecule has 0 aliphatic carbocycles. The van der Waals surface area contributed by atoms with E-state index in [1.54, 1.807) is 0 Å². The number of unbranched alkanes of at least 4 members (excludes halogenated alkanes) is 2. The van der Waals surface area contributed by atoms with Gasteiger partial charge in [0, 0.05) is 0 Å². The molecule has 1 nitrogen and oxygen atoms in total. The molecule has 2 rings (SSSR count). The normalized spacial score (nSPS) is 10.7. The molecule has 0 unspecified atom stereocenters. The third kappa shape index (κ3) is 3.00. The second-order valence-electron chi connectivity index (χ2n) is 4.36. The molecule has 0 saturated carbocycles. The van der Waals surface area contributed by atoms with E-state index in [-0.39, 0.29) is 0 Å². The van der Waals surface area contributed by atoms with Gasteiger partial charge in [-0.3, -0.25) is 0 Å². The van der Waals surface area contributed by atoms with Crippen LogP contribution in [-0.2, 0) is 0 Å². The van der Waals surface area contributed by atoms with Crippen LogP contribution in [-0.4, -0.2) is 6.61 Å². The molecule has 0 bridgehead atoms. The first-order chi connectivity index (χ1) is 8.31. The second kappa shape index (κ2) is 5.72. The molecule has 0 aliphatic rings. The zero-order chi connectivity index (χ0) is 12.1. The third-order valence-electron chi connectivity index (χ3n) is 2.93. The molecule has 0 aliphatic heterocycles. The zero-order valence-corrected chi connectivity index (χ0v) is 10.4. The van der Waals surface area contributed by atoms with Gasteiger partial charge in [-0.1, -0.05) is 44.0 Å². The van der Waals surface area contributed by atoms with E-state index in [0.29, 0.717) is 0 Å². The largest absolute Gasteiger partial charge is 0.493 e. The standard InChI is InChI=1S/C16H19O/c1-3-4-7-10-17-16-12-15-9-6-5-8-14(15)11-13(16)2/h5-6,8-9,11-12H,2-4,7,10H2,1H3. The Morgan fingerprint density at radius 3 is 2.47 bits per heavy atom. The number of benzene rings is 2. The predicted octanol–water partition coefficient (Wildman–Crippen LogP) is 4.59. The first-order valence-corrected chi connectivity index (χ1v) is 6.29. The molecule has 0 atom stereocenters. The van der Waals surface area contributed by atoms with Crippen molar-refractivity contribution in [3.05, 3.63) is 48.9 Å². The lowest BCUT2D eigenvalue weighted by Gasteiger charge is -2.10. The van der Waals surface area contributed by atoms with Crippen molar-refractivity contribution in [2.24, 2.45) is 0 Å². The van der Waals surface area contributed by atoms with Gasteiger partial charge in [-0.25, -0.2) is 0 Å². The van der Waals surface area contributed by atoms with E-state index >= 15 is 0 Å². The van der Waals surface area contributed by atoms with Crippen LogP contribution in [0.25, 0.3) is 10.8 Å². The van der Waals surface area contributed by atoms with Gasteiger partial charge in [0.1, 0.15) is 5.75 Å². The number of hydrogen-bond acceptors (Lipinski definition) is 1. The monoisotopic (exact) mass is 227 g/mol. The Bertz CT molecular complexity index is 488. The van der Waals surface area contributed by atoms with E-state index in [1.165, 1.54) is 23.6 Å². The summed E-state index contributed by atoms with van der Waals surface area (Å²) in [4.78, 5) is 0. The van der Waals surface area contributed by atoms with Crippen molar-refractivity contribution in [2.45, 2.75) is 26.2 Å². The summed E-state index contributed by atoms with van der Waals surface area (Å²) >= 11 is 0. The van der Waals surface area contributed by atoms with Crippen LogP contribution in [0.15, 0.2) is 36.4 Å². The Labute approximate surface area is 103 Å². The van der Waals surface area contributed by atoms with Gasteiger partial charge in [-0.2, -0.15) is 0 Å². The maximum atomic E-state index is 5.78. The Hall–Kier alpha value is -1.50. The van der Waals surface area contributed by atoms with Gasteiger partial charge in [0.15, 0.2) is 0 Å². The van der Waals surface area contributed by atoms with Gasteiger partial charge < -0.3 is 4.74 Å². The highest BCUT2D eigenvalue weighted by atomic mass is 16.5. The number of ether oxygens (including phenoxy) is 1. The van der Waals surface area contributed by atoms with Gasteiger partial charge in [-0.05, 0) is 41.8 Å². The minimum Gasteiger partial charge on any atom is -0.493 e. The van der Waals surface area contributed by atoms with Gasteiger partial charge in [-0.15, -0.1) is 0 Å². The van der Waals surface area contributed by atoms with Crippen molar-refractivity contribution in [3.63, 3.8) is 0 Å². The van der Waals surface area contributed by atoms with Crippen molar-refractivity contribution in [1.82, 2.24) is 0 Å². The topological polar surface area (TPSA) is 9.23 Å². The number of rotatable bonds is 5. The molecular formula is C16H19O. The molecule has 0 spiro atoms. The average molecular weight is 227 g/mol. The molecular weight excluding hydrogens is 208 g/mol. The lowest BCUT2D eigenvalue weighted by molar-refractivity contribution is 0.305. The molecule has 0 saturated heterocycles. The fourth-order valence-corrected chi connectivity index (χ4v) is 1.94. The van der Waals surface area contributed by atoms with E-state index in [1.807, 2.05) is 12.1 Å². The quantitative estimate of drug-likeness (QED) is 0.679. The van der Waals surface area contributed by atoms with Crippen molar-refractivity contribution in [3.8, 4) is 5.75 Å².